The van der Waals surface area contributed by atoms with Crippen LogP contribution in [0.3, 0.4) is 0 Å². The molecule has 3 aliphatic heterocycles. The van der Waals surface area contributed by atoms with Gasteiger partial charge in [0.2, 0.25) is 70.9 Å². The van der Waals surface area contributed by atoms with Crippen LogP contribution < -0.4 is 16.0 Å². The predicted molar refractivity (Wildman–Crippen MR) is 379 cm³/mol. The van der Waals surface area contributed by atoms with Crippen LogP contribution in [0, 0.1) is 46.8 Å². The minimum Gasteiger partial charge on any atom is -0.344 e. The van der Waals surface area contributed by atoms with E-state index in [0.717, 1.165) is 35.5 Å². The van der Waals surface area contributed by atoms with Gasteiger partial charge < -0.3 is 60.0 Å². The van der Waals surface area contributed by atoms with Crippen molar-refractivity contribution >= 4 is 70.9 Å². The van der Waals surface area contributed by atoms with Gasteiger partial charge in [-0.25, -0.2) is 8.78 Å². The molecule has 4 saturated carbocycles. The number of rotatable bonds is 11. The van der Waals surface area contributed by atoms with E-state index < -0.39 is 205 Å². The van der Waals surface area contributed by atoms with Crippen LogP contribution in [-0.4, -0.2) is 269 Å². The van der Waals surface area contributed by atoms with E-state index in [4.69, 9.17) is 0 Å². The van der Waals surface area contributed by atoms with Gasteiger partial charge in [-0.15, -0.1) is 0 Å². The van der Waals surface area contributed by atoms with Crippen molar-refractivity contribution < 1.29 is 79.5 Å². The van der Waals surface area contributed by atoms with Crippen LogP contribution in [0.25, 0.3) is 0 Å². The number of alkyl halides is 5. The molecule has 586 valence electrons. The molecule has 3 N–H and O–H groups in total. The van der Waals surface area contributed by atoms with Crippen LogP contribution in [0.15, 0.2) is 12.2 Å². The SMILES string of the molecule is CC[C@H](C)[C@@H]1NC(=O)[C@H](CC)N(C)C(=O)C[C@@H](C(=O)N(C)CC)N(C)C(=O)[C@H](C2CCCC2)N(C)C(=O)C2(CC(C)(C)C2)NC(=O)[C@@H]2C[C@@H](C)CN2C(=O)[C@H](CCC2CC(F)C(C(F)(F)F)C(F)C2)NC(=O)CN(C)C(=O)[C@H](CC2CCC(C)CC2)N2CC/C=C\C[C@@H](C2=O)N(C)C(=O)CN(C)C1=O. The van der Waals surface area contributed by atoms with Gasteiger partial charge in [0.1, 0.15) is 72.1 Å². The van der Waals surface area contributed by atoms with Gasteiger partial charge in [-0.1, -0.05) is 106 Å². The van der Waals surface area contributed by atoms with Crippen molar-refractivity contribution in [1.29, 1.82) is 0 Å². The van der Waals surface area contributed by atoms with E-state index in [9.17, 15) is 41.9 Å². The summed E-state index contributed by atoms with van der Waals surface area (Å²) in [7, 11) is 9.94. The average molecular weight is 1480 g/mol. The molecule has 29 heteroatoms. The number of fused-ring (bicyclic) bond motifs is 3. The number of hydrogen-bond acceptors (Lipinski definition) is 12. The number of carbonyl (C=O) groups excluding carboxylic acids is 12. The number of nitrogens with zero attached hydrogens (tertiary/aromatic N) is 9. The molecule has 12 amide bonds. The molecule has 24 nitrogen and oxygen atoms in total. The van der Waals surface area contributed by atoms with Gasteiger partial charge in [0.05, 0.1) is 19.5 Å². The second-order valence-corrected chi connectivity index (χ2v) is 32.6. The number of hydrogen-bond donors (Lipinski definition) is 3. The minimum atomic E-state index is -5.16. The first-order valence-electron chi connectivity index (χ1n) is 38.0. The van der Waals surface area contributed by atoms with Crippen molar-refractivity contribution in [2.24, 2.45) is 46.8 Å². The van der Waals surface area contributed by atoms with Crippen molar-refractivity contribution in [3.8, 4) is 0 Å². The summed E-state index contributed by atoms with van der Waals surface area (Å²) >= 11 is 0. The molecule has 4 aliphatic carbocycles. The van der Waals surface area contributed by atoms with Crippen LogP contribution in [0.4, 0.5) is 22.0 Å². The fourth-order valence-electron chi connectivity index (χ4n) is 17.6. The Balaban J connectivity index is 1.31. The zero-order valence-corrected chi connectivity index (χ0v) is 64.2. The molecule has 3 heterocycles. The molecule has 0 aromatic carbocycles. The Morgan fingerprint density at radius 3 is 1.85 bits per heavy atom. The maximum absolute atomic E-state index is 15.7. The molecule has 0 radical (unpaired) electrons. The standard InChI is InChI=1S/C75H119F5N12O12/c1-16-46(6)62-70(102)86(11)41-60(95)88(13)54-26-20-19-23-33-91(69(54)101)57(37-47-29-27-44(4)28-30-47)68(100)85(10)40-58(93)81-52(32-31-48-35-50(76)61(51(77)36-48)75(78,79)80)66(98)92-39-45(5)34-55(92)65(97)83-74(42-73(7,8)43-74)72(104)90(15)63(49-24-21-22-25-49)71(103)89(14)56(67(99)84(9)18-3)38-59(94)87(12)53(17-2)64(96)82-62/h19-20,44-57,61-63H,16-18,21-43H2,1-15H3,(H,81,93)(H,82,96)(H,83,97)/b20-19-/t44?,45-,46+,47?,48?,50?,51?,52+,53+,54+,55+,56+,57+,61?,62+,63+/m1/s1. The predicted octanol–water partition coefficient (Wildman–Crippen LogP) is 6.43. The first kappa shape index (κ1) is 84.3. The molecule has 1 spiro atoms. The molecular formula is C75H119F5N12O12. The highest BCUT2D eigenvalue weighted by Gasteiger charge is 2.60. The minimum absolute atomic E-state index is 0.0211. The number of halogens is 5. The number of carbonyl (C=O) groups is 12. The largest absolute Gasteiger partial charge is 0.397 e. The molecule has 0 aromatic rings. The lowest BCUT2D eigenvalue weighted by molar-refractivity contribution is -0.219. The molecule has 104 heavy (non-hydrogen) atoms. The van der Waals surface area contributed by atoms with E-state index >= 15 is 37.5 Å². The molecule has 6 fully saturated rings. The molecule has 7 rings (SSSR count). The lowest BCUT2D eigenvalue weighted by atomic mass is 9.58. The third kappa shape index (κ3) is 19.8. The van der Waals surface area contributed by atoms with E-state index in [-0.39, 0.29) is 82.8 Å². The summed E-state index contributed by atoms with van der Waals surface area (Å²) < 4.78 is 72.8. The molecule has 0 aromatic heterocycles. The van der Waals surface area contributed by atoms with E-state index in [1.807, 2.05) is 26.8 Å². The molecular weight excluding hydrogens is 1360 g/mol. The Morgan fingerprint density at radius 1 is 0.654 bits per heavy atom. The zero-order valence-electron chi connectivity index (χ0n) is 64.2. The van der Waals surface area contributed by atoms with Crippen LogP contribution in [0.5, 0.6) is 0 Å². The topological polar surface area (TPSA) is 270 Å². The average Bonchev–Trinajstić information content (AvgIpc) is 0.767. The molecule has 2 unspecified atom stereocenters. The summed E-state index contributed by atoms with van der Waals surface area (Å²) in [6, 6.07) is -10.4. The van der Waals surface area contributed by atoms with Gasteiger partial charge in [0.15, 0.2) is 0 Å². The van der Waals surface area contributed by atoms with Crippen LogP contribution in [0.2, 0.25) is 0 Å². The lowest BCUT2D eigenvalue weighted by Crippen LogP contribution is -2.71. The van der Waals surface area contributed by atoms with Crippen LogP contribution >= 0.6 is 0 Å². The Morgan fingerprint density at radius 2 is 1.27 bits per heavy atom. The highest BCUT2D eigenvalue weighted by atomic mass is 19.4. The summed E-state index contributed by atoms with van der Waals surface area (Å²) in [4.78, 5) is 192. The second-order valence-electron chi connectivity index (χ2n) is 32.6. The van der Waals surface area contributed by atoms with Crippen molar-refractivity contribution in [1.82, 2.24) is 60.0 Å². The molecule has 2 saturated heterocycles. The van der Waals surface area contributed by atoms with Gasteiger partial charge in [-0.2, -0.15) is 13.2 Å². The van der Waals surface area contributed by atoms with Gasteiger partial charge in [-0.05, 0) is 131 Å². The number of likely N-dealkylation sites (N-methyl/N-ethyl adjacent to an activating group) is 7. The summed E-state index contributed by atoms with van der Waals surface area (Å²) in [5.41, 5.74) is -2.21. The maximum atomic E-state index is 15.7. The van der Waals surface area contributed by atoms with Crippen molar-refractivity contribution in [3.63, 3.8) is 0 Å². The Kier molecular flexibility index (Phi) is 28.9. The molecule has 12 atom stereocenters. The second kappa shape index (κ2) is 35.6. The van der Waals surface area contributed by atoms with Crippen molar-refractivity contribution in [3.05, 3.63) is 12.2 Å². The number of nitrogens with one attached hydrogen (secondary N) is 3. The van der Waals surface area contributed by atoms with Crippen molar-refractivity contribution in [2.45, 2.75) is 263 Å². The third-order valence-corrected chi connectivity index (χ3v) is 24.0. The highest BCUT2D eigenvalue weighted by molar-refractivity contribution is 6.01. The fourth-order valence-corrected chi connectivity index (χ4v) is 17.6. The smallest absolute Gasteiger partial charge is 0.344 e. The van der Waals surface area contributed by atoms with E-state index in [0.29, 0.717) is 44.4 Å². The fraction of sp³-hybridized carbons (Fsp3) is 0.813. The van der Waals surface area contributed by atoms with Crippen LogP contribution in [-0.2, 0) is 57.5 Å². The first-order chi connectivity index (χ1) is 48.7. The normalized spacial score (nSPS) is 33.0. The maximum Gasteiger partial charge on any atom is 0.397 e. The summed E-state index contributed by atoms with van der Waals surface area (Å²) in [6.45, 7) is 13.6. The number of amides is 12. The summed E-state index contributed by atoms with van der Waals surface area (Å²) in [5, 5.41) is 8.64. The van der Waals surface area contributed by atoms with Gasteiger partial charge in [0.25, 0.3) is 0 Å². The third-order valence-electron chi connectivity index (χ3n) is 24.0. The Hall–Kier alpha value is -6.97. The van der Waals surface area contributed by atoms with Gasteiger partial charge >= 0.3 is 6.18 Å². The van der Waals surface area contributed by atoms with Gasteiger partial charge in [-0.3, -0.25) is 57.5 Å². The van der Waals surface area contributed by atoms with E-state index in [1.54, 1.807) is 33.8 Å². The van der Waals surface area contributed by atoms with E-state index in [1.165, 1.54) is 83.6 Å². The quantitative estimate of drug-likeness (QED) is 0.149. The molecule has 7 aliphatic rings. The first-order valence-corrected chi connectivity index (χ1v) is 38.0. The van der Waals surface area contributed by atoms with E-state index in [2.05, 4.69) is 22.9 Å². The lowest BCUT2D eigenvalue weighted by Gasteiger charge is -2.54. The van der Waals surface area contributed by atoms with Crippen molar-refractivity contribution in [2.75, 3.05) is 82.1 Å². The molecule has 2 bridgehead atoms. The Labute approximate surface area is 611 Å². The van der Waals surface area contributed by atoms with Gasteiger partial charge in [0, 0.05) is 69.0 Å². The monoisotopic (exact) mass is 1470 g/mol. The highest BCUT2D eigenvalue weighted by Crippen LogP contribution is 2.50. The summed E-state index contributed by atoms with van der Waals surface area (Å²) in [5.74, 6) is -13.1. The summed E-state index contributed by atoms with van der Waals surface area (Å²) in [6.07, 6.45) is -2.54. The van der Waals surface area contributed by atoms with Crippen LogP contribution in [0.1, 0.15) is 190 Å². The Bertz CT molecular complexity index is 3120. The zero-order chi connectivity index (χ0) is 77.4.